The van der Waals surface area contributed by atoms with Gasteiger partial charge in [-0.15, -0.1) is 0 Å². The molecule has 0 radical (unpaired) electrons. The zero-order chi connectivity index (χ0) is 13.0. The number of benzene rings is 1. The molecule has 3 heteroatoms. The Morgan fingerprint density at radius 3 is 2.41 bits per heavy atom. The third-order valence-electron chi connectivity index (χ3n) is 2.84. The fourth-order valence-electron chi connectivity index (χ4n) is 1.65. The van der Waals surface area contributed by atoms with Crippen molar-refractivity contribution in [3.8, 4) is 0 Å². The van der Waals surface area contributed by atoms with Crippen molar-refractivity contribution < 1.29 is 9.90 Å². The van der Waals surface area contributed by atoms with Gasteiger partial charge in [0.2, 0.25) is 0 Å². The number of aryl methyl sites for hydroxylation is 2. The molecule has 0 heterocycles. The summed E-state index contributed by atoms with van der Waals surface area (Å²) in [7, 11) is 0. The van der Waals surface area contributed by atoms with Crippen LogP contribution in [0, 0.1) is 19.8 Å². The van der Waals surface area contributed by atoms with Crippen molar-refractivity contribution in [2.45, 2.75) is 33.7 Å². The van der Waals surface area contributed by atoms with E-state index in [-0.39, 0.29) is 0 Å². The number of aliphatic carboxylic acids is 1. The van der Waals surface area contributed by atoms with E-state index in [1.165, 1.54) is 5.56 Å². The van der Waals surface area contributed by atoms with Crippen LogP contribution >= 0.6 is 0 Å². The van der Waals surface area contributed by atoms with Gasteiger partial charge in [-0.05, 0) is 43.0 Å². The quantitative estimate of drug-likeness (QED) is 0.825. The lowest BCUT2D eigenvalue weighted by Crippen LogP contribution is -2.31. The number of carboxylic acids is 1. The van der Waals surface area contributed by atoms with Gasteiger partial charge in [0.1, 0.15) is 6.04 Å². The first-order valence-electron chi connectivity index (χ1n) is 5.95. The van der Waals surface area contributed by atoms with Crippen LogP contribution < -0.4 is 5.32 Å². The zero-order valence-electron chi connectivity index (χ0n) is 10.9. The third-order valence-corrected chi connectivity index (χ3v) is 2.84. The lowest BCUT2D eigenvalue weighted by molar-refractivity contribution is -0.139. The lowest BCUT2D eigenvalue weighted by atomic mass is 10.0. The summed E-state index contributed by atoms with van der Waals surface area (Å²) in [5, 5.41) is 12.3. The number of carboxylic acid groups (broad SMARTS) is 1. The minimum Gasteiger partial charge on any atom is -0.480 e. The molecule has 0 aromatic heterocycles. The number of hydrogen-bond acceptors (Lipinski definition) is 2. The summed E-state index contributed by atoms with van der Waals surface area (Å²) in [5.41, 5.74) is 3.13. The van der Waals surface area contributed by atoms with Crippen LogP contribution in [0.15, 0.2) is 18.2 Å². The van der Waals surface area contributed by atoms with Crippen LogP contribution in [0.1, 0.15) is 36.6 Å². The standard InChI is InChI=1S/C14H21NO2/c1-9(2)8-15-13(14(16)17)12-6-5-10(3)11(4)7-12/h5-7,9,13,15H,8H2,1-4H3,(H,16,17). The normalized spacial score (nSPS) is 12.8. The van der Waals surface area contributed by atoms with Crippen molar-refractivity contribution in [2.24, 2.45) is 5.92 Å². The molecule has 1 unspecified atom stereocenters. The predicted molar refractivity (Wildman–Crippen MR) is 69.1 cm³/mol. The first-order valence-corrected chi connectivity index (χ1v) is 5.95. The Kier molecular flexibility index (Phi) is 4.70. The summed E-state index contributed by atoms with van der Waals surface area (Å²) in [4.78, 5) is 11.2. The Balaban J connectivity index is 2.89. The smallest absolute Gasteiger partial charge is 0.325 e. The van der Waals surface area contributed by atoms with E-state index in [0.29, 0.717) is 12.5 Å². The summed E-state index contributed by atoms with van der Waals surface area (Å²) in [6.07, 6.45) is 0. The lowest BCUT2D eigenvalue weighted by Gasteiger charge is -2.17. The van der Waals surface area contributed by atoms with Crippen molar-refractivity contribution in [1.82, 2.24) is 5.32 Å². The van der Waals surface area contributed by atoms with Crippen LogP contribution in [0.4, 0.5) is 0 Å². The van der Waals surface area contributed by atoms with Crippen molar-refractivity contribution in [1.29, 1.82) is 0 Å². The summed E-state index contributed by atoms with van der Waals surface area (Å²) in [6.45, 7) is 8.85. The fourth-order valence-corrected chi connectivity index (χ4v) is 1.65. The molecular formula is C14H21NO2. The van der Waals surface area contributed by atoms with Gasteiger partial charge in [-0.3, -0.25) is 4.79 Å². The Morgan fingerprint density at radius 1 is 1.29 bits per heavy atom. The zero-order valence-corrected chi connectivity index (χ0v) is 10.9. The van der Waals surface area contributed by atoms with Crippen molar-refractivity contribution in [2.75, 3.05) is 6.54 Å². The van der Waals surface area contributed by atoms with E-state index < -0.39 is 12.0 Å². The van der Waals surface area contributed by atoms with Crippen LogP contribution in [0.25, 0.3) is 0 Å². The molecule has 0 fully saturated rings. The molecule has 1 aromatic rings. The maximum absolute atomic E-state index is 11.2. The summed E-state index contributed by atoms with van der Waals surface area (Å²) in [5.74, 6) is -0.391. The van der Waals surface area contributed by atoms with Gasteiger partial charge in [-0.2, -0.15) is 0 Å². The first-order chi connectivity index (χ1) is 7.91. The molecule has 1 rings (SSSR count). The van der Waals surface area contributed by atoms with Gasteiger partial charge < -0.3 is 10.4 Å². The van der Waals surface area contributed by atoms with Crippen molar-refractivity contribution >= 4 is 5.97 Å². The number of rotatable bonds is 5. The molecule has 0 amide bonds. The molecule has 0 aliphatic heterocycles. The fraction of sp³-hybridized carbons (Fsp3) is 0.500. The maximum atomic E-state index is 11.2. The van der Waals surface area contributed by atoms with Gasteiger partial charge in [-0.1, -0.05) is 32.0 Å². The molecule has 0 spiro atoms. The largest absolute Gasteiger partial charge is 0.480 e. The molecule has 94 valence electrons. The van der Waals surface area contributed by atoms with E-state index in [4.69, 9.17) is 0 Å². The molecule has 0 aliphatic carbocycles. The van der Waals surface area contributed by atoms with Crippen molar-refractivity contribution in [3.63, 3.8) is 0 Å². The highest BCUT2D eigenvalue weighted by Gasteiger charge is 2.19. The van der Waals surface area contributed by atoms with Gasteiger partial charge in [0.25, 0.3) is 0 Å². The molecular weight excluding hydrogens is 214 g/mol. The third kappa shape index (κ3) is 3.86. The van der Waals surface area contributed by atoms with Gasteiger partial charge in [0, 0.05) is 0 Å². The monoisotopic (exact) mass is 235 g/mol. The number of nitrogens with one attached hydrogen (secondary N) is 1. The molecule has 17 heavy (non-hydrogen) atoms. The van der Waals surface area contributed by atoms with Crippen LogP contribution in [-0.4, -0.2) is 17.6 Å². The van der Waals surface area contributed by atoms with Crippen LogP contribution in [-0.2, 0) is 4.79 Å². The summed E-state index contributed by atoms with van der Waals surface area (Å²) in [6, 6.07) is 5.18. The van der Waals surface area contributed by atoms with E-state index in [1.54, 1.807) is 0 Å². The van der Waals surface area contributed by atoms with E-state index in [2.05, 4.69) is 19.2 Å². The molecule has 0 bridgehead atoms. The highest BCUT2D eigenvalue weighted by atomic mass is 16.4. The average Bonchev–Trinajstić information content (AvgIpc) is 2.22. The van der Waals surface area contributed by atoms with Gasteiger partial charge >= 0.3 is 5.97 Å². The highest BCUT2D eigenvalue weighted by Crippen LogP contribution is 2.17. The Labute approximate surface area is 103 Å². The van der Waals surface area contributed by atoms with Gasteiger partial charge in [0.05, 0.1) is 0 Å². The second kappa shape index (κ2) is 5.82. The van der Waals surface area contributed by atoms with E-state index in [1.807, 2.05) is 32.0 Å². The van der Waals surface area contributed by atoms with E-state index in [9.17, 15) is 9.90 Å². The minimum atomic E-state index is -0.825. The van der Waals surface area contributed by atoms with Crippen LogP contribution in [0.2, 0.25) is 0 Å². The Hall–Kier alpha value is -1.35. The Bertz CT molecular complexity index is 399. The molecule has 2 N–H and O–H groups in total. The average molecular weight is 235 g/mol. The van der Waals surface area contributed by atoms with Gasteiger partial charge in [-0.25, -0.2) is 0 Å². The van der Waals surface area contributed by atoms with E-state index >= 15 is 0 Å². The minimum absolute atomic E-state index is 0.434. The first kappa shape index (κ1) is 13.7. The summed E-state index contributed by atoms with van der Waals surface area (Å²) < 4.78 is 0. The predicted octanol–water partition coefficient (Wildman–Crippen LogP) is 2.67. The SMILES string of the molecule is Cc1ccc(C(NCC(C)C)C(=O)O)cc1C. The molecule has 0 saturated heterocycles. The molecule has 1 aromatic carbocycles. The number of carbonyl (C=O) groups is 1. The number of hydrogen-bond donors (Lipinski definition) is 2. The molecule has 3 nitrogen and oxygen atoms in total. The second-order valence-electron chi connectivity index (χ2n) is 4.92. The summed E-state index contributed by atoms with van der Waals surface area (Å²) >= 11 is 0. The van der Waals surface area contributed by atoms with Gasteiger partial charge in [0.15, 0.2) is 0 Å². The van der Waals surface area contributed by atoms with Crippen LogP contribution in [0.3, 0.4) is 0 Å². The Morgan fingerprint density at radius 2 is 1.94 bits per heavy atom. The van der Waals surface area contributed by atoms with Crippen molar-refractivity contribution in [3.05, 3.63) is 34.9 Å². The molecule has 1 atom stereocenters. The maximum Gasteiger partial charge on any atom is 0.325 e. The van der Waals surface area contributed by atoms with Crippen LogP contribution in [0.5, 0.6) is 0 Å². The highest BCUT2D eigenvalue weighted by molar-refractivity contribution is 5.75. The topological polar surface area (TPSA) is 49.3 Å². The van der Waals surface area contributed by atoms with E-state index in [0.717, 1.165) is 11.1 Å². The molecule has 0 aliphatic rings. The second-order valence-corrected chi connectivity index (χ2v) is 4.92. The molecule has 0 saturated carbocycles.